The number of carbonyl (C=O) groups excluding carboxylic acids is 1. The second-order valence-corrected chi connectivity index (χ2v) is 2.90. The Labute approximate surface area is 73.6 Å². The molecule has 1 heterocycles. The largest absolute Gasteiger partial charge is 0.296 e. The summed E-state index contributed by atoms with van der Waals surface area (Å²) in [4.78, 5) is 10.5. The van der Waals surface area contributed by atoms with Crippen molar-refractivity contribution in [3.05, 3.63) is 29.2 Å². The van der Waals surface area contributed by atoms with Crippen LogP contribution in [0.5, 0.6) is 0 Å². The lowest BCUT2D eigenvalue weighted by atomic mass is 10.1. The molecule has 1 aromatic heterocycles. The van der Waals surface area contributed by atoms with Crippen LogP contribution in [0.4, 0.5) is 4.39 Å². The average Bonchev–Trinajstić information content (AvgIpc) is 2.47. The Morgan fingerprint density at radius 3 is 3.00 bits per heavy atom. The van der Waals surface area contributed by atoms with E-state index < -0.39 is 5.82 Å². The van der Waals surface area contributed by atoms with Crippen molar-refractivity contribution in [3.8, 4) is 0 Å². The number of hydrogen-bond donors (Lipinski definition) is 1. The van der Waals surface area contributed by atoms with E-state index in [0.29, 0.717) is 11.8 Å². The van der Waals surface area contributed by atoms with E-state index in [1.165, 1.54) is 6.07 Å². The maximum Gasteiger partial charge on any atom is 0.168 e. The fraction of sp³-hybridized carbons (Fsp3) is 0.111. The third-order valence-electron chi connectivity index (χ3n) is 1.90. The highest BCUT2D eigenvalue weighted by Gasteiger charge is 2.09. The molecule has 0 aliphatic carbocycles. The number of carbonyl (C=O) groups is 1. The molecule has 0 atom stereocenters. The zero-order chi connectivity index (χ0) is 9.42. The van der Waals surface area contributed by atoms with Crippen LogP contribution in [0.15, 0.2) is 12.1 Å². The van der Waals surface area contributed by atoms with Gasteiger partial charge in [0, 0.05) is 0 Å². The predicted molar refractivity (Wildman–Crippen MR) is 46.2 cm³/mol. The number of fused-ring (bicyclic) bond motifs is 1. The molecule has 0 saturated carbocycles. The average molecular weight is 178 g/mol. The normalized spacial score (nSPS) is 10.6. The molecule has 0 unspecified atom stereocenters. The van der Waals surface area contributed by atoms with Crippen molar-refractivity contribution in [2.24, 2.45) is 0 Å². The smallest absolute Gasteiger partial charge is 0.168 e. The second-order valence-electron chi connectivity index (χ2n) is 2.90. The SMILES string of the molecule is Cc1cc(F)c2c(C=O)[nH]nc2c1. The number of aldehydes is 1. The highest BCUT2D eigenvalue weighted by molar-refractivity contribution is 5.95. The van der Waals surface area contributed by atoms with E-state index in [2.05, 4.69) is 10.2 Å². The first kappa shape index (κ1) is 7.91. The molecule has 4 heteroatoms. The molecule has 2 aromatic rings. The van der Waals surface area contributed by atoms with Crippen LogP contribution >= 0.6 is 0 Å². The summed E-state index contributed by atoms with van der Waals surface area (Å²) in [5.74, 6) is -0.411. The third-order valence-corrected chi connectivity index (χ3v) is 1.90. The summed E-state index contributed by atoms with van der Waals surface area (Å²) in [5.41, 5.74) is 1.46. The van der Waals surface area contributed by atoms with Crippen LogP contribution < -0.4 is 0 Å². The Morgan fingerprint density at radius 2 is 2.31 bits per heavy atom. The van der Waals surface area contributed by atoms with Gasteiger partial charge in [0.2, 0.25) is 0 Å². The van der Waals surface area contributed by atoms with Crippen LogP contribution in [-0.2, 0) is 0 Å². The number of halogens is 1. The number of nitrogens with zero attached hydrogens (tertiary/aromatic N) is 1. The zero-order valence-corrected chi connectivity index (χ0v) is 6.97. The standard InChI is InChI=1S/C9H7FN2O/c1-5-2-6(10)9-7(3-5)11-12-8(9)4-13/h2-4H,1H3,(H,11,12). The van der Waals surface area contributed by atoms with E-state index in [-0.39, 0.29) is 11.1 Å². The first-order valence-corrected chi connectivity index (χ1v) is 3.82. The van der Waals surface area contributed by atoms with Gasteiger partial charge < -0.3 is 0 Å². The number of aromatic nitrogens is 2. The van der Waals surface area contributed by atoms with Crippen LogP contribution in [0.1, 0.15) is 16.1 Å². The summed E-state index contributed by atoms with van der Waals surface area (Å²) in [6.45, 7) is 1.78. The van der Waals surface area contributed by atoms with Gasteiger partial charge in [0.05, 0.1) is 10.9 Å². The van der Waals surface area contributed by atoms with E-state index in [0.717, 1.165) is 5.56 Å². The van der Waals surface area contributed by atoms with E-state index in [4.69, 9.17) is 0 Å². The van der Waals surface area contributed by atoms with Crippen LogP contribution in [0.25, 0.3) is 10.9 Å². The van der Waals surface area contributed by atoms with Crippen molar-refractivity contribution >= 4 is 17.2 Å². The van der Waals surface area contributed by atoms with E-state index >= 15 is 0 Å². The van der Waals surface area contributed by atoms with Gasteiger partial charge >= 0.3 is 0 Å². The molecule has 2 rings (SSSR count). The molecule has 1 aromatic carbocycles. The number of nitrogens with one attached hydrogen (secondary N) is 1. The highest BCUT2D eigenvalue weighted by Crippen LogP contribution is 2.19. The van der Waals surface area contributed by atoms with E-state index in [9.17, 15) is 9.18 Å². The number of rotatable bonds is 1. The minimum absolute atomic E-state index is 0.188. The van der Waals surface area contributed by atoms with E-state index in [1.807, 2.05) is 0 Å². The monoisotopic (exact) mass is 178 g/mol. The van der Waals surface area contributed by atoms with Gasteiger partial charge in [0.15, 0.2) is 6.29 Å². The fourth-order valence-electron chi connectivity index (χ4n) is 1.34. The van der Waals surface area contributed by atoms with Crippen molar-refractivity contribution in [3.63, 3.8) is 0 Å². The van der Waals surface area contributed by atoms with Crippen LogP contribution in [0.3, 0.4) is 0 Å². The molecule has 13 heavy (non-hydrogen) atoms. The van der Waals surface area contributed by atoms with Gasteiger partial charge in [-0.05, 0) is 24.6 Å². The fourth-order valence-corrected chi connectivity index (χ4v) is 1.34. The lowest BCUT2D eigenvalue weighted by Gasteiger charge is -1.94. The van der Waals surface area contributed by atoms with Crippen molar-refractivity contribution in [2.45, 2.75) is 6.92 Å². The molecule has 0 aliphatic rings. The molecule has 0 radical (unpaired) electrons. The summed E-state index contributed by atoms with van der Waals surface area (Å²) in [6.07, 6.45) is 0.563. The molecule has 0 aliphatic heterocycles. The summed E-state index contributed by atoms with van der Waals surface area (Å²) < 4.78 is 13.3. The topological polar surface area (TPSA) is 45.8 Å². The van der Waals surface area contributed by atoms with Gasteiger partial charge in [-0.15, -0.1) is 0 Å². The van der Waals surface area contributed by atoms with Crippen LogP contribution in [0.2, 0.25) is 0 Å². The van der Waals surface area contributed by atoms with Crippen molar-refractivity contribution < 1.29 is 9.18 Å². The Morgan fingerprint density at radius 1 is 1.54 bits per heavy atom. The lowest BCUT2D eigenvalue weighted by molar-refractivity contribution is 0.112. The first-order chi connectivity index (χ1) is 6.22. The quantitative estimate of drug-likeness (QED) is 0.677. The molecule has 0 fully saturated rings. The van der Waals surface area contributed by atoms with Gasteiger partial charge in [-0.1, -0.05) is 0 Å². The van der Waals surface area contributed by atoms with Gasteiger partial charge in [0.25, 0.3) is 0 Å². The molecule has 0 amide bonds. The molecule has 0 saturated heterocycles. The molecular formula is C9H7FN2O. The van der Waals surface area contributed by atoms with Crippen LogP contribution in [-0.4, -0.2) is 16.5 Å². The molecule has 3 nitrogen and oxygen atoms in total. The van der Waals surface area contributed by atoms with E-state index in [1.54, 1.807) is 13.0 Å². The molecule has 66 valence electrons. The lowest BCUT2D eigenvalue weighted by Crippen LogP contribution is -1.84. The number of hydrogen-bond acceptors (Lipinski definition) is 2. The van der Waals surface area contributed by atoms with Gasteiger partial charge in [-0.25, -0.2) is 4.39 Å². The summed E-state index contributed by atoms with van der Waals surface area (Å²) >= 11 is 0. The van der Waals surface area contributed by atoms with Crippen molar-refractivity contribution in [2.75, 3.05) is 0 Å². The van der Waals surface area contributed by atoms with Gasteiger partial charge in [-0.3, -0.25) is 9.89 Å². The first-order valence-electron chi connectivity index (χ1n) is 3.82. The Kier molecular flexibility index (Phi) is 1.62. The number of H-pyrrole nitrogens is 1. The molecule has 0 spiro atoms. The Balaban J connectivity index is 2.89. The zero-order valence-electron chi connectivity index (χ0n) is 6.97. The number of aryl methyl sites for hydroxylation is 1. The molecular weight excluding hydrogens is 171 g/mol. The number of aromatic amines is 1. The van der Waals surface area contributed by atoms with Crippen molar-refractivity contribution in [1.29, 1.82) is 0 Å². The summed E-state index contributed by atoms with van der Waals surface area (Å²) in [5, 5.41) is 6.55. The number of benzene rings is 1. The van der Waals surface area contributed by atoms with Crippen LogP contribution in [0, 0.1) is 12.7 Å². The molecule has 0 bridgehead atoms. The summed E-state index contributed by atoms with van der Waals surface area (Å²) in [6, 6.07) is 3.10. The Bertz CT molecular complexity index is 476. The summed E-state index contributed by atoms with van der Waals surface area (Å²) in [7, 11) is 0. The van der Waals surface area contributed by atoms with Gasteiger partial charge in [-0.2, -0.15) is 5.10 Å². The van der Waals surface area contributed by atoms with Gasteiger partial charge in [0.1, 0.15) is 11.5 Å². The maximum absolute atomic E-state index is 13.3. The molecule has 1 N–H and O–H groups in total. The minimum atomic E-state index is -0.411. The predicted octanol–water partition coefficient (Wildman–Crippen LogP) is 1.82. The Hall–Kier alpha value is -1.71. The second kappa shape index (κ2) is 2.65. The third kappa shape index (κ3) is 1.11. The minimum Gasteiger partial charge on any atom is -0.296 e. The highest BCUT2D eigenvalue weighted by atomic mass is 19.1. The maximum atomic E-state index is 13.3. The van der Waals surface area contributed by atoms with Crippen molar-refractivity contribution in [1.82, 2.24) is 10.2 Å².